The van der Waals surface area contributed by atoms with E-state index < -0.39 is 0 Å². The molecule has 0 bridgehead atoms. The molecular weight excluding hydrogens is 342 g/mol. The molecule has 2 saturated heterocycles. The Labute approximate surface area is 151 Å². The topological polar surface area (TPSA) is 80.8 Å². The summed E-state index contributed by atoms with van der Waals surface area (Å²) in [6.07, 6.45) is 3.89. The molecule has 0 aliphatic carbocycles. The second kappa shape index (κ2) is 8.62. The monoisotopic (exact) mass is 367 g/mol. The number of aromatic nitrogens is 1. The van der Waals surface area contributed by atoms with E-state index in [1.807, 2.05) is 0 Å². The molecule has 1 aromatic rings. The summed E-state index contributed by atoms with van der Waals surface area (Å²) >= 11 is 1.44. The fourth-order valence-electron chi connectivity index (χ4n) is 3.21. The summed E-state index contributed by atoms with van der Waals surface area (Å²) < 4.78 is 10.5. The first-order chi connectivity index (χ1) is 12.2. The average molecular weight is 367 g/mol. The quantitative estimate of drug-likeness (QED) is 0.773. The second-order valence-electron chi connectivity index (χ2n) is 6.38. The van der Waals surface area contributed by atoms with Crippen LogP contribution in [0.1, 0.15) is 43.1 Å². The van der Waals surface area contributed by atoms with Gasteiger partial charge in [0.1, 0.15) is 0 Å². The van der Waals surface area contributed by atoms with Gasteiger partial charge in [-0.1, -0.05) is 0 Å². The third-order valence-electron chi connectivity index (χ3n) is 4.64. The van der Waals surface area contributed by atoms with Gasteiger partial charge in [0.2, 0.25) is 5.91 Å². The Kier molecular flexibility index (Phi) is 6.25. The molecule has 2 aliphatic heterocycles. The van der Waals surface area contributed by atoms with Crippen molar-refractivity contribution in [1.82, 2.24) is 10.3 Å². The van der Waals surface area contributed by atoms with Crippen molar-refractivity contribution in [2.75, 3.05) is 37.7 Å². The summed E-state index contributed by atoms with van der Waals surface area (Å²) in [6.45, 7) is 5.09. The van der Waals surface area contributed by atoms with Gasteiger partial charge in [-0.15, -0.1) is 11.3 Å². The predicted molar refractivity (Wildman–Crippen MR) is 95.0 cm³/mol. The highest BCUT2D eigenvalue weighted by Crippen LogP contribution is 2.26. The molecule has 3 heterocycles. The fraction of sp³-hybridized carbons (Fsp3) is 0.706. The zero-order valence-electron chi connectivity index (χ0n) is 14.5. The van der Waals surface area contributed by atoms with Crippen LogP contribution in [-0.4, -0.2) is 55.8 Å². The third kappa shape index (κ3) is 4.70. The number of nitrogens with zero attached hydrogens (tertiary/aromatic N) is 2. The molecule has 0 saturated carbocycles. The van der Waals surface area contributed by atoms with Crippen LogP contribution in [-0.2, 0) is 14.3 Å². The van der Waals surface area contributed by atoms with Crippen molar-refractivity contribution in [2.45, 2.75) is 38.7 Å². The lowest BCUT2D eigenvalue weighted by molar-refractivity contribution is -0.126. The molecule has 3 rings (SSSR count). The van der Waals surface area contributed by atoms with Crippen LogP contribution in [0.15, 0.2) is 5.38 Å². The van der Waals surface area contributed by atoms with Crippen molar-refractivity contribution in [3.63, 3.8) is 0 Å². The maximum absolute atomic E-state index is 12.3. The number of esters is 1. The van der Waals surface area contributed by atoms with Gasteiger partial charge in [-0.2, -0.15) is 0 Å². The highest BCUT2D eigenvalue weighted by Gasteiger charge is 2.27. The Bertz CT molecular complexity index is 592. The molecule has 0 spiro atoms. The van der Waals surface area contributed by atoms with Crippen molar-refractivity contribution in [1.29, 1.82) is 0 Å². The van der Waals surface area contributed by atoms with E-state index in [2.05, 4.69) is 15.2 Å². The molecule has 138 valence electrons. The summed E-state index contributed by atoms with van der Waals surface area (Å²) in [7, 11) is 0. The molecule has 0 radical (unpaired) electrons. The van der Waals surface area contributed by atoms with Crippen LogP contribution in [0.4, 0.5) is 5.13 Å². The molecule has 7 nitrogen and oxygen atoms in total. The molecular formula is C17H25N3O4S. The predicted octanol–water partition coefficient (Wildman–Crippen LogP) is 1.83. The molecule has 8 heteroatoms. The minimum atomic E-state index is -0.381. The second-order valence-corrected chi connectivity index (χ2v) is 7.21. The highest BCUT2D eigenvalue weighted by molar-refractivity contribution is 7.13. The zero-order valence-corrected chi connectivity index (χ0v) is 15.3. The fourth-order valence-corrected chi connectivity index (χ4v) is 4.05. The summed E-state index contributed by atoms with van der Waals surface area (Å²) in [5.74, 6) is -0.211. The lowest BCUT2D eigenvalue weighted by Gasteiger charge is -2.31. The summed E-state index contributed by atoms with van der Waals surface area (Å²) in [5.41, 5.74) is 0.360. The van der Waals surface area contributed by atoms with Gasteiger partial charge < -0.3 is 19.7 Å². The third-order valence-corrected chi connectivity index (χ3v) is 5.54. The molecule has 1 atom stereocenters. The minimum absolute atomic E-state index is 0.0437. The maximum Gasteiger partial charge on any atom is 0.357 e. The van der Waals surface area contributed by atoms with Gasteiger partial charge in [-0.25, -0.2) is 9.78 Å². The van der Waals surface area contributed by atoms with Gasteiger partial charge in [0.05, 0.1) is 12.7 Å². The Morgan fingerprint density at radius 1 is 1.40 bits per heavy atom. The number of rotatable bonds is 6. The van der Waals surface area contributed by atoms with E-state index in [1.54, 1.807) is 12.3 Å². The largest absolute Gasteiger partial charge is 0.461 e. The number of hydrogen-bond acceptors (Lipinski definition) is 7. The van der Waals surface area contributed by atoms with E-state index in [0.29, 0.717) is 18.8 Å². The van der Waals surface area contributed by atoms with Crippen LogP contribution in [0.5, 0.6) is 0 Å². The first-order valence-electron chi connectivity index (χ1n) is 8.94. The SMILES string of the molecule is CCOC(=O)c1csc(N2CCC(C(=O)NCC3CCCO3)CC2)n1. The normalized spacial score (nSPS) is 21.3. The Morgan fingerprint density at radius 3 is 2.88 bits per heavy atom. The maximum atomic E-state index is 12.3. The molecule has 1 aromatic heterocycles. The van der Waals surface area contributed by atoms with Crippen molar-refractivity contribution < 1.29 is 19.1 Å². The van der Waals surface area contributed by atoms with E-state index in [1.165, 1.54) is 11.3 Å². The number of amides is 1. The van der Waals surface area contributed by atoms with Crippen LogP contribution in [0.2, 0.25) is 0 Å². The summed E-state index contributed by atoms with van der Waals surface area (Å²) in [5, 5.41) is 5.58. The first kappa shape index (κ1) is 18.1. The zero-order chi connectivity index (χ0) is 17.6. The molecule has 1 amide bonds. The minimum Gasteiger partial charge on any atom is -0.461 e. The van der Waals surface area contributed by atoms with Gasteiger partial charge in [0, 0.05) is 37.5 Å². The number of hydrogen-bond donors (Lipinski definition) is 1. The number of anilines is 1. The van der Waals surface area contributed by atoms with Crippen molar-refractivity contribution in [2.24, 2.45) is 5.92 Å². The van der Waals surface area contributed by atoms with Crippen molar-refractivity contribution in [3.8, 4) is 0 Å². The van der Waals surface area contributed by atoms with Crippen molar-refractivity contribution in [3.05, 3.63) is 11.1 Å². The Hall–Kier alpha value is -1.67. The van der Waals surface area contributed by atoms with Crippen LogP contribution >= 0.6 is 11.3 Å². The molecule has 1 unspecified atom stereocenters. The number of ether oxygens (including phenoxy) is 2. The van der Waals surface area contributed by atoms with Crippen LogP contribution < -0.4 is 10.2 Å². The lowest BCUT2D eigenvalue weighted by atomic mass is 9.96. The number of nitrogens with one attached hydrogen (secondary N) is 1. The number of piperidine rings is 1. The first-order valence-corrected chi connectivity index (χ1v) is 9.82. The van der Waals surface area contributed by atoms with Crippen LogP contribution in [0.25, 0.3) is 0 Å². The number of carbonyl (C=O) groups excluding carboxylic acids is 2. The standard InChI is InChI=1S/C17H25N3O4S/c1-2-23-16(22)14-11-25-17(19-14)20-7-5-12(6-8-20)15(21)18-10-13-4-3-9-24-13/h11-13H,2-10H2,1H3,(H,18,21). The van der Waals surface area contributed by atoms with Crippen molar-refractivity contribution >= 4 is 28.3 Å². The highest BCUT2D eigenvalue weighted by atomic mass is 32.1. The molecule has 2 fully saturated rings. The van der Waals surface area contributed by atoms with E-state index >= 15 is 0 Å². The van der Waals surface area contributed by atoms with E-state index in [0.717, 1.165) is 50.5 Å². The van der Waals surface area contributed by atoms with E-state index in [4.69, 9.17) is 9.47 Å². The molecule has 0 aromatic carbocycles. The van der Waals surface area contributed by atoms with E-state index in [-0.39, 0.29) is 23.9 Å². The van der Waals surface area contributed by atoms with E-state index in [9.17, 15) is 9.59 Å². The van der Waals surface area contributed by atoms with Gasteiger partial charge in [-0.05, 0) is 32.6 Å². The number of thiazole rings is 1. The van der Waals surface area contributed by atoms with Gasteiger partial charge in [-0.3, -0.25) is 4.79 Å². The average Bonchev–Trinajstić information content (AvgIpc) is 3.32. The summed E-state index contributed by atoms with van der Waals surface area (Å²) in [4.78, 5) is 30.5. The Balaban J connectivity index is 1.45. The smallest absolute Gasteiger partial charge is 0.357 e. The Morgan fingerprint density at radius 2 is 2.20 bits per heavy atom. The van der Waals surface area contributed by atoms with Gasteiger partial charge in [0.15, 0.2) is 10.8 Å². The van der Waals surface area contributed by atoms with Crippen LogP contribution in [0, 0.1) is 5.92 Å². The molecule has 2 aliphatic rings. The van der Waals surface area contributed by atoms with Gasteiger partial charge in [0.25, 0.3) is 0 Å². The molecule has 1 N–H and O–H groups in total. The molecule has 25 heavy (non-hydrogen) atoms. The summed E-state index contributed by atoms with van der Waals surface area (Å²) in [6, 6.07) is 0. The van der Waals surface area contributed by atoms with Crippen LogP contribution in [0.3, 0.4) is 0 Å². The lowest BCUT2D eigenvalue weighted by Crippen LogP contribution is -2.42. The van der Waals surface area contributed by atoms with Gasteiger partial charge >= 0.3 is 5.97 Å². The number of carbonyl (C=O) groups is 2.